The molecule has 0 atom stereocenters. The van der Waals surface area contributed by atoms with Crippen molar-refractivity contribution in [2.75, 3.05) is 12.4 Å². The molecule has 0 unspecified atom stereocenters. The quantitative estimate of drug-likeness (QED) is 0.910. The molecule has 4 nitrogen and oxygen atoms in total. The summed E-state index contributed by atoms with van der Waals surface area (Å²) in [6, 6.07) is 7.90. The van der Waals surface area contributed by atoms with Gasteiger partial charge in [-0.1, -0.05) is 24.6 Å². The Morgan fingerprint density at radius 3 is 2.58 bits per heavy atom. The summed E-state index contributed by atoms with van der Waals surface area (Å²) in [6.07, 6.45) is 0.777. The van der Waals surface area contributed by atoms with Gasteiger partial charge in [-0.15, -0.1) is 0 Å². The molecule has 0 radical (unpaired) electrons. The van der Waals surface area contributed by atoms with E-state index in [1.807, 2.05) is 33.0 Å². The summed E-state index contributed by atoms with van der Waals surface area (Å²) in [5.41, 5.74) is 2.32. The number of rotatable bonds is 4. The van der Waals surface area contributed by atoms with Gasteiger partial charge in [0.25, 0.3) is 0 Å². The van der Waals surface area contributed by atoms with Gasteiger partial charge in [-0.05, 0) is 25.5 Å². The minimum atomic E-state index is 0.572. The highest BCUT2D eigenvalue weighted by Gasteiger charge is 2.06. The van der Waals surface area contributed by atoms with E-state index in [-0.39, 0.29) is 0 Å². The van der Waals surface area contributed by atoms with Gasteiger partial charge >= 0.3 is 0 Å². The standard InChI is InChI=1S/C15H19N3O/c1-5-13-17-14(16-4)9-15(18-13)19-12-7-6-10(2)8-11(12)3/h6-9H,5H2,1-4H3,(H,16,17,18). The predicted molar refractivity (Wildman–Crippen MR) is 76.9 cm³/mol. The number of ether oxygens (including phenoxy) is 1. The first-order valence-corrected chi connectivity index (χ1v) is 6.43. The van der Waals surface area contributed by atoms with Crippen LogP contribution in [0, 0.1) is 13.8 Å². The third-order valence-corrected chi connectivity index (χ3v) is 2.87. The fourth-order valence-electron chi connectivity index (χ4n) is 1.84. The van der Waals surface area contributed by atoms with Crippen LogP contribution in [0.2, 0.25) is 0 Å². The average molecular weight is 257 g/mol. The molecule has 2 rings (SSSR count). The number of benzene rings is 1. The minimum absolute atomic E-state index is 0.572. The molecule has 0 amide bonds. The number of nitrogens with one attached hydrogen (secondary N) is 1. The summed E-state index contributed by atoms with van der Waals surface area (Å²) in [7, 11) is 1.84. The zero-order valence-electron chi connectivity index (χ0n) is 11.8. The maximum Gasteiger partial charge on any atom is 0.224 e. The molecule has 4 heteroatoms. The van der Waals surface area contributed by atoms with Crippen molar-refractivity contribution in [3.8, 4) is 11.6 Å². The third-order valence-electron chi connectivity index (χ3n) is 2.87. The normalized spacial score (nSPS) is 10.3. The first-order valence-electron chi connectivity index (χ1n) is 6.43. The topological polar surface area (TPSA) is 47.0 Å². The Labute approximate surface area is 113 Å². The Hall–Kier alpha value is -2.10. The molecule has 100 valence electrons. The summed E-state index contributed by atoms with van der Waals surface area (Å²) in [4.78, 5) is 8.73. The van der Waals surface area contributed by atoms with Gasteiger partial charge in [-0.2, -0.15) is 4.98 Å². The minimum Gasteiger partial charge on any atom is -0.439 e. The van der Waals surface area contributed by atoms with Gasteiger partial charge in [0.15, 0.2) is 0 Å². The van der Waals surface area contributed by atoms with E-state index in [1.165, 1.54) is 5.56 Å². The Kier molecular flexibility index (Phi) is 4.00. The molecule has 1 aromatic heterocycles. The zero-order valence-corrected chi connectivity index (χ0v) is 11.8. The molecule has 1 N–H and O–H groups in total. The monoisotopic (exact) mass is 257 g/mol. The largest absolute Gasteiger partial charge is 0.439 e. The summed E-state index contributed by atoms with van der Waals surface area (Å²) in [5.74, 6) is 2.94. The fraction of sp³-hybridized carbons (Fsp3) is 0.333. The number of aromatic nitrogens is 2. The van der Waals surface area contributed by atoms with Crippen molar-refractivity contribution >= 4 is 5.82 Å². The smallest absolute Gasteiger partial charge is 0.224 e. The number of hydrogen-bond donors (Lipinski definition) is 1. The van der Waals surface area contributed by atoms with Gasteiger partial charge in [0.1, 0.15) is 17.4 Å². The van der Waals surface area contributed by atoms with Gasteiger partial charge in [-0.3, -0.25) is 0 Å². The molecule has 0 aliphatic rings. The molecule has 1 heterocycles. The molecule has 0 aliphatic heterocycles. The molecular formula is C15H19N3O. The van der Waals surface area contributed by atoms with Crippen molar-refractivity contribution in [1.82, 2.24) is 9.97 Å². The summed E-state index contributed by atoms with van der Waals surface area (Å²) >= 11 is 0. The van der Waals surface area contributed by atoms with Gasteiger partial charge in [-0.25, -0.2) is 4.98 Å². The maximum atomic E-state index is 5.86. The maximum absolute atomic E-state index is 5.86. The average Bonchev–Trinajstić information content (AvgIpc) is 2.41. The molecule has 19 heavy (non-hydrogen) atoms. The van der Waals surface area contributed by atoms with Crippen molar-refractivity contribution in [1.29, 1.82) is 0 Å². The van der Waals surface area contributed by atoms with Crippen LogP contribution in [0.1, 0.15) is 23.9 Å². The Bertz CT molecular complexity index is 559. The summed E-state index contributed by atoms with van der Waals surface area (Å²) < 4.78 is 5.86. The van der Waals surface area contributed by atoms with Crippen LogP contribution in [0.3, 0.4) is 0 Å². The van der Waals surface area contributed by atoms with E-state index in [9.17, 15) is 0 Å². The molecular weight excluding hydrogens is 238 g/mol. The summed E-state index contributed by atoms with van der Waals surface area (Å²) in [5, 5.41) is 3.02. The number of nitrogens with zero attached hydrogens (tertiary/aromatic N) is 2. The van der Waals surface area contributed by atoms with Crippen LogP contribution in [0.5, 0.6) is 11.6 Å². The lowest BCUT2D eigenvalue weighted by molar-refractivity contribution is 0.455. The highest BCUT2D eigenvalue weighted by molar-refractivity contribution is 5.42. The van der Waals surface area contributed by atoms with Crippen LogP contribution in [0.15, 0.2) is 24.3 Å². The van der Waals surface area contributed by atoms with Gasteiger partial charge < -0.3 is 10.1 Å². The third kappa shape index (κ3) is 3.22. The van der Waals surface area contributed by atoms with Gasteiger partial charge in [0, 0.05) is 19.5 Å². The van der Waals surface area contributed by atoms with Crippen LogP contribution < -0.4 is 10.1 Å². The van der Waals surface area contributed by atoms with Crippen molar-refractivity contribution in [3.63, 3.8) is 0 Å². The number of anilines is 1. The van der Waals surface area contributed by atoms with E-state index >= 15 is 0 Å². The Morgan fingerprint density at radius 2 is 1.95 bits per heavy atom. The van der Waals surface area contributed by atoms with E-state index < -0.39 is 0 Å². The van der Waals surface area contributed by atoms with E-state index in [2.05, 4.69) is 28.3 Å². The lowest BCUT2D eigenvalue weighted by Gasteiger charge is -2.10. The second kappa shape index (κ2) is 5.69. The molecule has 1 aromatic carbocycles. The SMILES string of the molecule is CCc1nc(NC)cc(Oc2ccc(C)cc2C)n1. The Morgan fingerprint density at radius 1 is 1.16 bits per heavy atom. The number of hydrogen-bond acceptors (Lipinski definition) is 4. The Balaban J connectivity index is 2.31. The van der Waals surface area contributed by atoms with Crippen LogP contribution in [0.4, 0.5) is 5.82 Å². The molecule has 0 aliphatic carbocycles. The van der Waals surface area contributed by atoms with Crippen LogP contribution in [-0.4, -0.2) is 17.0 Å². The summed E-state index contributed by atoms with van der Waals surface area (Å²) in [6.45, 7) is 6.12. The number of aryl methyl sites for hydroxylation is 3. The predicted octanol–water partition coefficient (Wildman–Crippen LogP) is 3.49. The highest BCUT2D eigenvalue weighted by atomic mass is 16.5. The second-order valence-corrected chi connectivity index (χ2v) is 4.48. The molecule has 0 fully saturated rings. The van der Waals surface area contributed by atoms with E-state index in [1.54, 1.807) is 6.07 Å². The van der Waals surface area contributed by atoms with Crippen LogP contribution in [0.25, 0.3) is 0 Å². The second-order valence-electron chi connectivity index (χ2n) is 4.48. The molecule has 0 bridgehead atoms. The first kappa shape index (κ1) is 13.3. The molecule has 0 saturated carbocycles. The van der Waals surface area contributed by atoms with Crippen molar-refractivity contribution < 1.29 is 4.74 Å². The van der Waals surface area contributed by atoms with Crippen LogP contribution >= 0.6 is 0 Å². The molecule has 0 spiro atoms. The highest BCUT2D eigenvalue weighted by Crippen LogP contribution is 2.25. The van der Waals surface area contributed by atoms with Gasteiger partial charge in [0.05, 0.1) is 0 Å². The first-order chi connectivity index (χ1) is 9.12. The van der Waals surface area contributed by atoms with Crippen molar-refractivity contribution in [2.24, 2.45) is 0 Å². The van der Waals surface area contributed by atoms with E-state index in [0.717, 1.165) is 29.4 Å². The molecule has 0 saturated heterocycles. The van der Waals surface area contributed by atoms with E-state index in [0.29, 0.717) is 5.88 Å². The zero-order chi connectivity index (χ0) is 13.8. The van der Waals surface area contributed by atoms with Crippen molar-refractivity contribution in [2.45, 2.75) is 27.2 Å². The fourth-order valence-corrected chi connectivity index (χ4v) is 1.84. The van der Waals surface area contributed by atoms with Gasteiger partial charge in [0.2, 0.25) is 5.88 Å². The molecule has 2 aromatic rings. The van der Waals surface area contributed by atoms with Crippen LogP contribution in [-0.2, 0) is 6.42 Å². The lowest BCUT2D eigenvalue weighted by Crippen LogP contribution is -2.01. The lowest BCUT2D eigenvalue weighted by atomic mass is 10.1. The van der Waals surface area contributed by atoms with Crippen molar-refractivity contribution in [3.05, 3.63) is 41.2 Å². The van der Waals surface area contributed by atoms with E-state index in [4.69, 9.17) is 4.74 Å².